The van der Waals surface area contributed by atoms with Crippen LogP contribution in [0.5, 0.6) is 0 Å². The van der Waals surface area contributed by atoms with Crippen LogP contribution < -0.4 is 15.5 Å². The zero-order valence-corrected chi connectivity index (χ0v) is 23.0. The van der Waals surface area contributed by atoms with Gasteiger partial charge in [-0.15, -0.1) is 0 Å². The van der Waals surface area contributed by atoms with Crippen molar-refractivity contribution in [1.82, 2.24) is 4.57 Å². The van der Waals surface area contributed by atoms with Crippen molar-refractivity contribution in [2.75, 3.05) is 15.5 Å². The quantitative estimate of drug-likeness (QED) is 0.230. The molecular formula is C38H28N4. The van der Waals surface area contributed by atoms with Crippen LogP contribution in [0.25, 0.3) is 33.8 Å². The van der Waals surface area contributed by atoms with Crippen molar-refractivity contribution in [3.05, 3.63) is 149 Å². The summed E-state index contributed by atoms with van der Waals surface area (Å²) in [5, 5.41) is 9.08. The lowest BCUT2D eigenvalue weighted by Crippen LogP contribution is -2.44. The standard InChI is InChI=1S/C38H28N4/c1-2-9-23(10-3-1)24-17-19-25(20-18-24)41-33-16-7-4-11-26(33)29-21-35-30(22-34(29)41)27-12-8-13-28-36-38(42(35)37(27)28)40-32-15-6-5-14-31(32)39-36/h1-21,30,36,38-40H,22H2. The highest BCUT2D eigenvalue weighted by Crippen LogP contribution is 2.59. The van der Waals surface area contributed by atoms with Gasteiger partial charge < -0.3 is 20.1 Å². The molecule has 4 nitrogen and oxygen atoms in total. The van der Waals surface area contributed by atoms with Gasteiger partial charge in [-0.1, -0.05) is 91.0 Å². The van der Waals surface area contributed by atoms with Gasteiger partial charge in [-0.25, -0.2) is 0 Å². The van der Waals surface area contributed by atoms with Gasteiger partial charge in [-0.2, -0.15) is 0 Å². The molecule has 0 amide bonds. The summed E-state index contributed by atoms with van der Waals surface area (Å²) >= 11 is 0. The van der Waals surface area contributed by atoms with Crippen molar-refractivity contribution in [3.8, 4) is 16.8 Å². The van der Waals surface area contributed by atoms with Crippen molar-refractivity contribution in [2.45, 2.75) is 24.5 Å². The van der Waals surface area contributed by atoms with Crippen LogP contribution in [0, 0.1) is 0 Å². The van der Waals surface area contributed by atoms with Gasteiger partial charge >= 0.3 is 0 Å². The average Bonchev–Trinajstić information content (AvgIpc) is 3.67. The monoisotopic (exact) mass is 540 g/mol. The van der Waals surface area contributed by atoms with Gasteiger partial charge in [0.1, 0.15) is 6.17 Å². The first-order chi connectivity index (χ1) is 20.8. The maximum Gasteiger partial charge on any atom is 0.128 e. The Morgan fingerprint density at radius 3 is 2.19 bits per heavy atom. The van der Waals surface area contributed by atoms with Gasteiger partial charge in [0.15, 0.2) is 0 Å². The molecule has 4 heteroatoms. The van der Waals surface area contributed by atoms with Crippen LogP contribution in [0.4, 0.5) is 17.1 Å². The molecule has 4 heterocycles. The van der Waals surface area contributed by atoms with E-state index in [1.165, 1.54) is 72.9 Å². The largest absolute Gasteiger partial charge is 0.373 e. The average molecular weight is 541 g/mol. The first-order valence-corrected chi connectivity index (χ1v) is 14.9. The van der Waals surface area contributed by atoms with Crippen LogP contribution >= 0.6 is 0 Å². The van der Waals surface area contributed by atoms with Crippen molar-refractivity contribution >= 4 is 34.0 Å². The van der Waals surface area contributed by atoms with Gasteiger partial charge in [0.2, 0.25) is 0 Å². The molecule has 5 aromatic carbocycles. The van der Waals surface area contributed by atoms with E-state index in [1.54, 1.807) is 0 Å². The second-order valence-corrected chi connectivity index (χ2v) is 11.9. The summed E-state index contributed by atoms with van der Waals surface area (Å²) in [5.41, 5.74) is 15.7. The Hall–Kier alpha value is -5.22. The summed E-state index contributed by atoms with van der Waals surface area (Å²) in [7, 11) is 0. The van der Waals surface area contributed by atoms with E-state index in [1.807, 2.05) is 0 Å². The Morgan fingerprint density at radius 1 is 0.619 bits per heavy atom. The Bertz CT molecular complexity index is 2090. The molecular weight excluding hydrogens is 512 g/mol. The number of fused-ring (bicyclic) bond motifs is 10. The fourth-order valence-corrected chi connectivity index (χ4v) is 7.97. The summed E-state index contributed by atoms with van der Waals surface area (Å²) in [5.74, 6) is 0.332. The van der Waals surface area contributed by atoms with Crippen molar-refractivity contribution in [3.63, 3.8) is 0 Å². The fraction of sp³-hybridized carbons (Fsp3) is 0.105. The molecule has 3 aliphatic heterocycles. The number of hydrogen-bond acceptors (Lipinski definition) is 3. The zero-order valence-electron chi connectivity index (χ0n) is 23.0. The molecule has 2 N–H and O–H groups in total. The molecule has 1 aliphatic carbocycles. The minimum absolute atomic E-state index is 0.146. The van der Waals surface area contributed by atoms with Gasteiger partial charge in [0.05, 0.1) is 28.6 Å². The highest BCUT2D eigenvalue weighted by atomic mass is 15.4. The molecule has 6 aromatic rings. The number of nitrogens with one attached hydrogen (secondary N) is 2. The first-order valence-electron chi connectivity index (χ1n) is 14.9. The molecule has 10 rings (SSSR count). The Labute approximate surface area is 244 Å². The van der Waals surface area contributed by atoms with Crippen LogP contribution in [0.2, 0.25) is 0 Å². The van der Waals surface area contributed by atoms with E-state index in [0.29, 0.717) is 5.92 Å². The summed E-state index contributed by atoms with van der Waals surface area (Å²) in [6.07, 6.45) is 3.62. The van der Waals surface area contributed by atoms with Gasteiger partial charge in [0.25, 0.3) is 0 Å². The molecule has 42 heavy (non-hydrogen) atoms. The molecule has 0 radical (unpaired) electrons. The zero-order chi connectivity index (χ0) is 27.4. The molecule has 0 saturated heterocycles. The molecule has 1 aromatic heterocycles. The molecule has 3 atom stereocenters. The number of aromatic nitrogens is 1. The molecule has 3 unspecified atom stereocenters. The minimum Gasteiger partial charge on any atom is -0.373 e. The highest BCUT2D eigenvalue weighted by Gasteiger charge is 2.51. The molecule has 0 saturated carbocycles. The molecule has 0 bridgehead atoms. The summed E-state index contributed by atoms with van der Waals surface area (Å²) < 4.78 is 2.50. The fourth-order valence-electron chi connectivity index (χ4n) is 7.97. The predicted molar refractivity (Wildman–Crippen MR) is 172 cm³/mol. The van der Waals surface area contributed by atoms with Gasteiger partial charge in [-0.05, 0) is 53.1 Å². The molecule has 0 spiro atoms. The lowest BCUT2D eigenvalue weighted by molar-refractivity contribution is 0.619. The van der Waals surface area contributed by atoms with E-state index in [0.717, 1.165) is 6.42 Å². The normalized spacial score (nSPS) is 20.5. The first kappa shape index (κ1) is 22.5. The van der Waals surface area contributed by atoms with E-state index in [9.17, 15) is 0 Å². The van der Waals surface area contributed by atoms with Gasteiger partial charge in [0, 0.05) is 45.9 Å². The lowest BCUT2D eigenvalue weighted by Gasteiger charge is -2.38. The van der Waals surface area contributed by atoms with E-state index >= 15 is 0 Å². The Kier molecular flexibility index (Phi) is 4.37. The Morgan fingerprint density at radius 2 is 1.33 bits per heavy atom. The second kappa shape index (κ2) is 8.17. The number of benzene rings is 5. The number of rotatable bonds is 2. The maximum atomic E-state index is 3.90. The third-order valence-electron chi connectivity index (χ3n) is 9.76. The smallest absolute Gasteiger partial charge is 0.128 e. The van der Waals surface area contributed by atoms with Crippen LogP contribution in [-0.4, -0.2) is 10.7 Å². The number of para-hydroxylation sites is 4. The number of nitrogens with zero attached hydrogens (tertiary/aromatic N) is 2. The number of anilines is 3. The van der Waals surface area contributed by atoms with Crippen molar-refractivity contribution in [2.24, 2.45) is 0 Å². The summed E-state index contributed by atoms with van der Waals surface area (Å²) in [6, 6.07) is 44.3. The number of allylic oxidation sites excluding steroid dienone is 1. The van der Waals surface area contributed by atoms with Crippen LogP contribution in [0.3, 0.4) is 0 Å². The maximum absolute atomic E-state index is 3.90. The third-order valence-corrected chi connectivity index (χ3v) is 9.76. The van der Waals surface area contributed by atoms with Crippen LogP contribution in [0.15, 0.2) is 127 Å². The van der Waals surface area contributed by atoms with Crippen molar-refractivity contribution in [1.29, 1.82) is 0 Å². The summed E-state index contributed by atoms with van der Waals surface area (Å²) in [4.78, 5) is 2.60. The molecule has 0 fully saturated rings. The molecule has 4 aliphatic rings. The van der Waals surface area contributed by atoms with Crippen LogP contribution in [-0.2, 0) is 6.42 Å². The molecule has 200 valence electrons. The van der Waals surface area contributed by atoms with E-state index in [2.05, 4.69) is 148 Å². The SMILES string of the molecule is C1=C2C(Cc3c1c1ccccc1n3-c1ccc(-c3ccccc3)cc1)c1cccc3c1N2C1Nc2ccccc2NC31. The highest BCUT2D eigenvalue weighted by molar-refractivity contribution is 5.96. The van der Waals surface area contributed by atoms with E-state index < -0.39 is 0 Å². The van der Waals surface area contributed by atoms with Crippen LogP contribution in [0.1, 0.15) is 34.3 Å². The minimum atomic E-state index is 0.146. The summed E-state index contributed by atoms with van der Waals surface area (Å²) in [6.45, 7) is 0. The van der Waals surface area contributed by atoms with Gasteiger partial charge in [-0.3, -0.25) is 0 Å². The Balaban J connectivity index is 1.13. The third kappa shape index (κ3) is 2.91. The van der Waals surface area contributed by atoms with E-state index in [4.69, 9.17) is 0 Å². The topological polar surface area (TPSA) is 32.2 Å². The van der Waals surface area contributed by atoms with E-state index in [-0.39, 0.29) is 12.2 Å². The second-order valence-electron chi connectivity index (χ2n) is 11.9. The van der Waals surface area contributed by atoms with Crippen molar-refractivity contribution < 1.29 is 0 Å². The number of hydrogen-bond donors (Lipinski definition) is 2. The lowest BCUT2D eigenvalue weighted by atomic mass is 9.85. The predicted octanol–water partition coefficient (Wildman–Crippen LogP) is 8.72.